The highest BCUT2D eigenvalue weighted by Gasteiger charge is 2.24. The van der Waals surface area contributed by atoms with E-state index < -0.39 is 11.0 Å². The monoisotopic (exact) mass is 534 g/mol. The third-order valence-electron chi connectivity index (χ3n) is 7.13. The van der Waals surface area contributed by atoms with Crippen molar-refractivity contribution in [3.05, 3.63) is 33.9 Å². The average Bonchev–Trinajstić information content (AvgIpc) is 2.89. The van der Waals surface area contributed by atoms with Crippen molar-refractivity contribution < 1.29 is 29.1 Å². The van der Waals surface area contributed by atoms with Crippen LogP contribution in [0.1, 0.15) is 115 Å². The molecule has 2 rings (SSSR count). The van der Waals surface area contributed by atoms with Gasteiger partial charge in [0.25, 0.3) is 5.69 Å². The van der Waals surface area contributed by atoms with Crippen LogP contribution < -0.4 is 4.74 Å². The number of carbonyl (C=O) groups is 2. The molecule has 0 saturated heterocycles. The van der Waals surface area contributed by atoms with Crippen molar-refractivity contribution >= 4 is 17.6 Å². The van der Waals surface area contributed by atoms with Gasteiger partial charge >= 0.3 is 5.97 Å². The number of rotatable bonds is 18. The summed E-state index contributed by atoms with van der Waals surface area (Å²) in [6, 6.07) is 4.83. The molecule has 0 aliphatic heterocycles. The zero-order chi connectivity index (χ0) is 27.8. The molecule has 1 atom stereocenters. The van der Waals surface area contributed by atoms with E-state index in [1.807, 2.05) is 0 Å². The van der Waals surface area contributed by atoms with Gasteiger partial charge in [0.1, 0.15) is 5.75 Å². The van der Waals surface area contributed by atoms with Crippen LogP contribution in [0.3, 0.4) is 0 Å². The van der Waals surface area contributed by atoms with Gasteiger partial charge in [-0.15, -0.1) is 0 Å². The standard InChI is InChI=1S/C29H46N2O7/c1-23(32)27-22-26(17-18-28(27)31(35)36)38-21-13-5-3-10-16-29(34)30(25-14-8-7-9-15-25)19-11-4-6-12-20-37-24(2)33/h17-18,22-23,25,32H,3-16,19-21H2,1-2H3. The van der Waals surface area contributed by atoms with E-state index in [0.29, 0.717) is 31.4 Å². The van der Waals surface area contributed by atoms with E-state index in [1.165, 1.54) is 45.2 Å². The van der Waals surface area contributed by atoms with E-state index in [4.69, 9.17) is 9.47 Å². The smallest absolute Gasteiger partial charge is 0.302 e. The predicted octanol–water partition coefficient (Wildman–Crippen LogP) is 6.26. The Morgan fingerprint density at radius 3 is 2.34 bits per heavy atom. The Morgan fingerprint density at radius 1 is 1.03 bits per heavy atom. The number of amides is 1. The summed E-state index contributed by atoms with van der Waals surface area (Å²) in [5.41, 5.74) is 0.133. The van der Waals surface area contributed by atoms with Crippen molar-refractivity contribution in [2.45, 2.75) is 116 Å². The number of hydrogen-bond acceptors (Lipinski definition) is 7. The number of hydrogen-bond donors (Lipinski definition) is 1. The molecule has 1 aliphatic rings. The molecule has 1 aliphatic carbocycles. The second-order valence-corrected chi connectivity index (χ2v) is 10.3. The number of carbonyl (C=O) groups excluding carboxylic acids is 2. The van der Waals surface area contributed by atoms with Gasteiger partial charge in [0.05, 0.1) is 29.8 Å². The molecule has 1 aromatic rings. The summed E-state index contributed by atoms with van der Waals surface area (Å²) in [5, 5.41) is 20.9. The lowest BCUT2D eigenvalue weighted by molar-refractivity contribution is -0.386. The number of aliphatic hydroxyl groups excluding tert-OH is 1. The molecule has 9 nitrogen and oxygen atoms in total. The van der Waals surface area contributed by atoms with E-state index in [0.717, 1.165) is 70.8 Å². The summed E-state index contributed by atoms with van der Waals surface area (Å²) in [6.45, 7) is 4.70. The highest BCUT2D eigenvalue weighted by molar-refractivity contribution is 5.76. The fourth-order valence-electron chi connectivity index (χ4n) is 5.05. The summed E-state index contributed by atoms with van der Waals surface area (Å²) >= 11 is 0. The molecular weight excluding hydrogens is 488 g/mol. The predicted molar refractivity (Wildman–Crippen MR) is 146 cm³/mol. The van der Waals surface area contributed by atoms with E-state index in [1.54, 1.807) is 6.07 Å². The number of benzene rings is 1. The Kier molecular flexibility index (Phi) is 14.7. The minimum atomic E-state index is -0.947. The molecule has 0 bridgehead atoms. The van der Waals surface area contributed by atoms with Crippen LogP contribution >= 0.6 is 0 Å². The van der Waals surface area contributed by atoms with Gasteiger partial charge < -0.3 is 19.5 Å². The lowest BCUT2D eigenvalue weighted by atomic mass is 9.93. The van der Waals surface area contributed by atoms with Crippen LogP contribution in [0.15, 0.2) is 18.2 Å². The lowest BCUT2D eigenvalue weighted by Crippen LogP contribution is -2.42. The number of nitro groups is 1. The first-order valence-corrected chi connectivity index (χ1v) is 14.3. The van der Waals surface area contributed by atoms with Gasteiger partial charge in [-0.1, -0.05) is 38.5 Å². The Bertz CT molecular complexity index is 868. The first-order chi connectivity index (χ1) is 18.3. The van der Waals surface area contributed by atoms with Gasteiger partial charge in [0, 0.05) is 32.0 Å². The van der Waals surface area contributed by atoms with Crippen LogP contribution in [0.5, 0.6) is 5.75 Å². The van der Waals surface area contributed by atoms with E-state index in [2.05, 4.69) is 4.90 Å². The molecule has 0 heterocycles. The minimum absolute atomic E-state index is 0.112. The van der Waals surface area contributed by atoms with Gasteiger partial charge in [-0.2, -0.15) is 0 Å². The molecule has 1 amide bonds. The van der Waals surface area contributed by atoms with Crippen molar-refractivity contribution in [2.75, 3.05) is 19.8 Å². The topological polar surface area (TPSA) is 119 Å². The molecule has 0 radical (unpaired) electrons. The molecule has 9 heteroatoms. The molecule has 1 saturated carbocycles. The van der Waals surface area contributed by atoms with E-state index in [9.17, 15) is 24.8 Å². The Balaban J connectivity index is 1.67. The minimum Gasteiger partial charge on any atom is -0.494 e. The third kappa shape index (κ3) is 11.8. The molecular formula is C29H46N2O7. The summed E-state index contributed by atoms with van der Waals surface area (Å²) in [6.07, 6.45) is 13.0. The third-order valence-corrected chi connectivity index (χ3v) is 7.13. The molecule has 214 valence electrons. The van der Waals surface area contributed by atoms with Crippen LogP contribution in [0.2, 0.25) is 0 Å². The maximum atomic E-state index is 13.1. The van der Waals surface area contributed by atoms with Gasteiger partial charge in [-0.3, -0.25) is 19.7 Å². The maximum Gasteiger partial charge on any atom is 0.302 e. The fraction of sp³-hybridized carbons (Fsp3) is 0.724. The molecule has 1 fully saturated rings. The SMILES string of the molecule is CC(=O)OCCCCCCN(C(=O)CCCCCCOc1ccc([N+](=O)[O-])c(C(C)O)c1)C1CCCCC1. The molecule has 0 spiro atoms. The van der Waals surface area contributed by atoms with Crippen LogP contribution in [0, 0.1) is 10.1 Å². The number of nitro benzene ring substituents is 1. The number of nitrogens with zero attached hydrogens (tertiary/aromatic N) is 2. The zero-order valence-electron chi connectivity index (χ0n) is 23.2. The van der Waals surface area contributed by atoms with Crippen molar-refractivity contribution in [2.24, 2.45) is 0 Å². The van der Waals surface area contributed by atoms with Gasteiger partial charge in [-0.05, 0) is 64.0 Å². The van der Waals surface area contributed by atoms with Gasteiger partial charge in [0.2, 0.25) is 5.91 Å². The highest BCUT2D eigenvalue weighted by Crippen LogP contribution is 2.29. The van der Waals surface area contributed by atoms with Crippen molar-refractivity contribution in [3.8, 4) is 5.75 Å². The average molecular weight is 535 g/mol. The van der Waals surface area contributed by atoms with Gasteiger partial charge in [-0.25, -0.2) is 0 Å². The van der Waals surface area contributed by atoms with Crippen LogP contribution in [-0.2, 0) is 14.3 Å². The number of unbranched alkanes of at least 4 members (excludes halogenated alkanes) is 6. The molecule has 1 N–H and O–H groups in total. The fourth-order valence-corrected chi connectivity index (χ4v) is 5.05. The highest BCUT2D eigenvalue weighted by atomic mass is 16.6. The Hall–Kier alpha value is -2.68. The van der Waals surface area contributed by atoms with Crippen molar-refractivity contribution in [1.82, 2.24) is 4.90 Å². The van der Waals surface area contributed by atoms with Crippen LogP contribution in [0.4, 0.5) is 5.69 Å². The molecule has 38 heavy (non-hydrogen) atoms. The summed E-state index contributed by atoms with van der Waals surface area (Å²) in [5.74, 6) is 0.545. The first kappa shape index (κ1) is 31.5. The Labute approximate surface area is 227 Å². The zero-order valence-corrected chi connectivity index (χ0v) is 23.2. The van der Waals surface area contributed by atoms with E-state index >= 15 is 0 Å². The van der Waals surface area contributed by atoms with Gasteiger partial charge in [0.15, 0.2) is 0 Å². The quantitative estimate of drug-likeness (QED) is 0.102. The largest absolute Gasteiger partial charge is 0.494 e. The molecule has 1 unspecified atom stereocenters. The second-order valence-electron chi connectivity index (χ2n) is 10.3. The number of esters is 1. The number of ether oxygens (including phenoxy) is 2. The summed E-state index contributed by atoms with van der Waals surface area (Å²) in [4.78, 5) is 36.7. The molecule has 0 aromatic heterocycles. The molecule has 1 aromatic carbocycles. The second kappa shape index (κ2) is 17.8. The van der Waals surface area contributed by atoms with Crippen LogP contribution in [0.25, 0.3) is 0 Å². The normalized spacial score (nSPS) is 14.6. The summed E-state index contributed by atoms with van der Waals surface area (Å²) < 4.78 is 10.7. The lowest BCUT2D eigenvalue weighted by Gasteiger charge is -2.34. The maximum absolute atomic E-state index is 13.1. The van der Waals surface area contributed by atoms with Crippen LogP contribution in [-0.4, -0.2) is 52.6 Å². The van der Waals surface area contributed by atoms with Crippen molar-refractivity contribution in [3.63, 3.8) is 0 Å². The number of aliphatic hydroxyl groups is 1. The van der Waals surface area contributed by atoms with E-state index in [-0.39, 0.29) is 23.1 Å². The summed E-state index contributed by atoms with van der Waals surface area (Å²) in [7, 11) is 0. The van der Waals surface area contributed by atoms with Crippen molar-refractivity contribution in [1.29, 1.82) is 0 Å². The Morgan fingerprint density at radius 2 is 1.68 bits per heavy atom. The first-order valence-electron chi connectivity index (χ1n) is 14.3.